The Morgan fingerprint density at radius 3 is 2.59 bits per heavy atom. The Labute approximate surface area is 133 Å². The van der Waals surface area contributed by atoms with Gasteiger partial charge in [0.05, 0.1) is 6.04 Å². The normalized spacial score (nSPS) is 17.0. The van der Waals surface area contributed by atoms with Gasteiger partial charge in [-0.2, -0.15) is 0 Å². The zero-order valence-electron chi connectivity index (χ0n) is 13.3. The van der Waals surface area contributed by atoms with Crippen molar-refractivity contribution in [1.29, 1.82) is 0 Å². The molecule has 1 heteroatoms. The average molecular weight is 289 g/mol. The van der Waals surface area contributed by atoms with Crippen molar-refractivity contribution in [3.63, 3.8) is 0 Å². The first kappa shape index (κ1) is 14.6. The lowest BCUT2D eigenvalue weighted by Gasteiger charge is -2.25. The highest BCUT2D eigenvalue weighted by molar-refractivity contribution is 5.74. The van der Waals surface area contributed by atoms with Gasteiger partial charge in [-0.25, -0.2) is 0 Å². The number of benzene rings is 2. The smallest absolute Gasteiger partial charge is 0.0768 e. The van der Waals surface area contributed by atoms with E-state index in [-0.39, 0.29) is 6.04 Å². The van der Waals surface area contributed by atoms with E-state index >= 15 is 0 Å². The van der Waals surface area contributed by atoms with Crippen LogP contribution in [0.1, 0.15) is 41.6 Å². The van der Waals surface area contributed by atoms with E-state index in [1.54, 1.807) is 0 Å². The Balaban J connectivity index is 1.92. The van der Waals surface area contributed by atoms with Crippen molar-refractivity contribution in [2.45, 2.75) is 32.7 Å². The molecular formula is C21H23N. The number of aryl methyl sites for hydroxylation is 2. The number of hydrogen-bond donors (Lipinski definition) is 1. The van der Waals surface area contributed by atoms with Crippen molar-refractivity contribution in [1.82, 2.24) is 5.32 Å². The van der Waals surface area contributed by atoms with Crippen molar-refractivity contribution in [2.24, 2.45) is 0 Å². The van der Waals surface area contributed by atoms with Crippen LogP contribution in [-0.2, 0) is 6.42 Å². The summed E-state index contributed by atoms with van der Waals surface area (Å²) in [7, 11) is 0. The van der Waals surface area contributed by atoms with Gasteiger partial charge in [-0.15, -0.1) is 0 Å². The van der Waals surface area contributed by atoms with Gasteiger partial charge >= 0.3 is 0 Å². The second-order valence-electron chi connectivity index (χ2n) is 5.94. The maximum absolute atomic E-state index is 3.50. The first-order chi connectivity index (χ1) is 10.8. The molecule has 22 heavy (non-hydrogen) atoms. The SMILES string of the molecule is CCCc1ccc(C2=CC=CNC2c2cccc(C)c2)cc1. The van der Waals surface area contributed by atoms with E-state index < -0.39 is 0 Å². The summed E-state index contributed by atoms with van der Waals surface area (Å²) in [6.07, 6.45) is 8.68. The van der Waals surface area contributed by atoms with E-state index in [0.29, 0.717) is 0 Å². The molecule has 1 aliphatic rings. The lowest BCUT2D eigenvalue weighted by molar-refractivity contribution is 0.764. The molecule has 0 radical (unpaired) electrons. The van der Waals surface area contributed by atoms with Gasteiger partial charge < -0.3 is 5.32 Å². The summed E-state index contributed by atoms with van der Waals surface area (Å²) in [5.41, 5.74) is 6.65. The number of nitrogens with one attached hydrogen (secondary N) is 1. The van der Waals surface area contributed by atoms with Crippen molar-refractivity contribution < 1.29 is 0 Å². The highest BCUT2D eigenvalue weighted by Gasteiger charge is 2.18. The van der Waals surface area contributed by atoms with Crippen molar-refractivity contribution in [2.75, 3.05) is 0 Å². The van der Waals surface area contributed by atoms with Crippen molar-refractivity contribution in [3.05, 3.63) is 89.1 Å². The molecule has 1 heterocycles. The Hall–Kier alpha value is -2.28. The van der Waals surface area contributed by atoms with Gasteiger partial charge in [-0.05, 0) is 47.9 Å². The van der Waals surface area contributed by atoms with Crippen LogP contribution >= 0.6 is 0 Å². The molecule has 2 aromatic carbocycles. The maximum Gasteiger partial charge on any atom is 0.0768 e. The molecule has 1 N–H and O–H groups in total. The molecule has 1 nitrogen and oxygen atoms in total. The van der Waals surface area contributed by atoms with Crippen LogP contribution in [0.15, 0.2) is 66.9 Å². The Kier molecular flexibility index (Phi) is 4.43. The van der Waals surface area contributed by atoms with Crippen LogP contribution < -0.4 is 5.32 Å². The number of allylic oxidation sites excluding steroid dienone is 2. The summed E-state index contributed by atoms with van der Waals surface area (Å²) >= 11 is 0. The van der Waals surface area contributed by atoms with Gasteiger partial charge in [-0.1, -0.05) is 73.5 Å². The molecular weight excluding hydrogens is 266 g/mol. The van der Waals surface area contributed by atoms with Gasteiger partial charge in [0.25, 0.3) is 0 Å². The molecule has 1 atom stereocenters. The van der Waals surface area contributed by atoms with Gasteiger partial charge in [0.2, 0.25) is 0 Å². The standard InChI is InChI=1S/C21H23N/c1-3-6-17-10-12-18(13-11-17)20-9-5-14-22-21(20)19-8-4-7-16(2)15-19/h4-5,7-15,21-22H,3,6H2,1-2H3. The van der Waals surface area contributed by atoms with Crippen LogP contribution in [-0.4, -0.2) is 0 Å². The predicted octanol–water partition coefficient (Wildman–Crippen LogP) is 5.19. The molecule has 0 bridgehead atoms. The third-order valence-electron chi connectivity index (χ3n) is 4.15. The molecule has 3 rings (SSSR count). The molecule has 0 aromatic heterocycles. The van der Waals surface area contributed by atoms with Gasteiger partial charge in [0.15, 0.2) is 0 Å². The monoisotopic (exact) mass is 289 g/mol. The second-order valence-corrected chi connectivity index (χ2v) is 5.94. The fourth-order valence-corrected chi connectivity index (χ4v) is 3.03. The van der Waals surface area contributed by atoms with Gasteiger partial charge in [0.1, 0.15) is 0 Å². The second kappa shape index (κ2) is 6.65. The molecule has 112 valence electrons. The minimum Gasteiger partial charge on any atom is -0.380 e. The number of rotatable bonds is 4. The maximum atomic E-state index is 3.50. The first-order valence-electron chi connectivity index (χ1n) is 8.06. The number of dihydropyridines is 1. The molecule has 1 unspecified atom stereocenters. The summed E-state index contributed by atoms with van der Waals surface area (Å²) in [5, 5.41) is 3.50. The highest BCUT2D eigenvalue weighted by Crippen LogP contribution is 2.32. The molecule has 2 aromatic rings. The fourth-order valence-electron chi connectivity index (χ4n) is 3.03. The molecule has 0 saturated heterocycles. The summed E-state index contributed by atoms with van der Waals surface area (Å²) in [5.74, 6) is 0. The summed E-state index contributed by atoms with van der Waals surface area (Å²) in [6, 6.07) is 18.0. The van der Waals surface area contributed by atoms with Crippen LogP contribution in [0.4, 0.5) is 0 Å². The minimum atomic E-state index is 0.224. The Morgan fingerprint density at radius 2 is 1.86 bits per heavy atom. The summed E-state index contributed by atoms with van der Waals surface area (Å²) < 4.78 is 0. The van der Waals surface area contributed by atoms with Crippen LogP contribution in [0.5, 0.6) is 0 Å². The predicted molar refractivity (Wildman–Crippen MR) is 94.6 cm³/mol. The largest absolute Gasteiger partial charge is 0.380 e. The third kappa shape index (κ3) is 3.14. The zero-order valence-corrected chi connectivity index (χ0v) is 13.3. The topological polar surface area (TPSA) is 12.0 Å². The van der Waals surface area contributed by atoms with Crippen molar-refractivity contribution >= 4 is 5.57 Å². The quantitative estimate of drug-likeness (QED) is 0.816. The average Bonchev–Trinajstić information content (AvgIpc) is 2.56. The zero-order chi connectivity index (χ0) is 15.4. The molecule has 1 aliphatic heterocycles. The van der Waals surface area contributed by atoms with Gasteiger partial charge in [-0.3, -0.25) is 0 Å². The van der Waals surface area contributed by atoms with E-state index in [4.69, 9.17) is 0 Å². The number of hydrogen-bond acceptors (Lipinski definition) is 1. The van der Waals surface area contributed by atoms with E-state index in [1.807, 2.05) is 6.20 Å². The van der Waals surface area contributed by atoms with E-state index in [2.05, 4.69) is 79.8 Å². The van der Waals surface area contributed by atoms with E-state index in [0.717, 1.165) is 6.42 Å². The van der Waals surface area contributed by atoms with Gasteiger partial charge in [0, 0.05) is 0 Å². The van der Waals surface area contributed by atoms with Crippen molar-refractivity contribution in [3.8, 4) is 0 Å². The summed E-state index contributed by atoms with van der Waals surface area (Å²) in [4.78, 5) is 0. The first-order valence-corrected chi connectivity index (χ1v) is 8.06. The molecule has 0 aliphatic carbocycles. The lowest BCUT2D eigenvalue weighted by Crippen LogP contribution is -2.19. The molecule has 0 amide bonds. The van der Waals surface area contributed by atoms with Crippen LogP contribution in [0, 0.1) is 6.92 Å². The highest BCUT2D eigenvalue weighted by atomic mass is 14.9. The minimum absolute atomic E-state index is 0.224. The van der Waals surface area contributed by atoms with E-state index in [1.165, 1.54) is 34.2 Å². The Morgan fingerprint density at radius 1 is 1.05 bits per heavy atom. The Bertz CT molecular complexity index is 692. The van der Waals surface area contributed by atoms with Crippen LogP contribution in [0.2, 0.25) is 0 Å². The lowest BCUT2D eigenvalue weighted by atomic mass is 9.90. The third-order valence-corrected chi connectivity index (χ3v) is 4.15. The molecule has 0 saturated carbocycles. The fraction of sp³-hybridized carbons (Fsp3) is 0.238. The van der Waals surface area contributed by atoms with E-state index in [9.17, 15) is 0 Å². The molecule has 0 fully saturated rings. The summed E-state index contributed by atoms with van der Waals surface area (Å²) in [6.45, 7) is 4.37. The van der Waals surface area contributed by atoms with Crippen LogP contribution in [0.3, 0.4) is 0 Å². The molecule has 0 spiro atoms. The van der Waals surface area contributed by atoms with Crippen LogP contribution in [0.25, 0.3) is 5.57 Å².